The molecule has 0 heterocycles. The standard InChI is InChI=1S/C22H15Cl2N3O5S.Na/c23-13-6-8-20(32-19-4-2-1-3-15(19)24)17(10-13)26-27-22-16(25)7-5-12-9-14(33(29,30)31)11-18(28)21(12)22;/h1-11,28H,25H2,(H,29,30,31);/q;+1/p-1. The van der Waals surface area contributed by atoms with Crippen LogP contribution < -0.4 is 40.0 Å². The molecule has 0 radical (unpaired) electrons. The van der Waals surface area contributed by atoms with Crippen LogP contribution in [0.4, 0.5) is 17.1 Å². The summed E-state index contributed by atoms with van der Waals surface area (Å²) in [5.41, 5.74) is 6.52. The zero-order chi connectivity index (χ0) is 23.8. The maximum atomic E-state index is 11.4. The Morgan fingerprint density at radius 1 is 0.941 bits per heavy atom. The number of hydrogen-bond acceptors (Lipinski definition) is 8. The number of anilines is 1. The van der Waals surface area contributed by atoms with Gasteiger partial charge >= 0.3 is 29.6 Å². The van der Waals surface area contributed by atoms with Crippen molar-refractivity contribution in [2.24, 2.45) is 10.2 Å². The molecule has 0 amide bonds. The van der Waals surface area contributed by atoms with Crippen molar-refractivity contribution in [1.29, 1.82) is 0 Å². The van der Waals surface area contributed by atoms with Gasteiger partial charge in [-0.15, -0.1) is 10.2 Å². The SMILES string of the molecule is Nc1ccc2cc(S(=O)(=O)[O-])cc(O)c2c1N=Nc1cc(Cl)ccc1Oc1ccccc1Cl.[Na+]. The third-order valence-electron chi connectivity index (χ3n) is 4.60. The molecular formula is C22H14Cl2N3NaO5S. The normalized spacial score (nSPS) is 11.5. The predicted molar refractivity (Wildman–Crippen MR) is 125 cm³/mol. The van der Waals surface area contributed by atoms with Crippen LogP contribution in [0.2, 0.25) is 10.0 Å². The number of halogens is 2. The van der Waals surface area contributed by atoms with Gasteiger partial charge < -0.3 is 20.1 Å². The van der Waals surface area contributed by atoms with Gasteiger partial charge in [0, 0.05) is 5.02 Å². The van der Waals surface area contributed by atoms with Crippen LogP contribution in [0.25, 0.3) is 10.8 Å². The van der Waals surface area contributed by atoms with Crippen LogP contribution in [0.5, 0.6) is 17.2 Å². The van der Waals surface area contributed by atoms with E-state index in [0.717, 1.165) is 12.1 Å². The van der Waals surface area contributed by atoms with Crippen molar-refractivity contribution >= 4 is 61.2 Å². The number of azo groups is 1. The average molecular weight is 526 g/mol. The summed E-state index contributed by atoms with van der Waals surface area (Å²) < 4.78 is 39.9. The molecule has 0 aliphatic heterocycles. The van der Waals surface area contributed by atoms with E-state index >= 15 is 0 Å². The smallest absolute Gasteiger partial charge is 0.744 e. The number of fused-ring (bicyclic) bond motifs is 1. The van der Waals surface area contributed by atoms with Crippen LogP contribution in [0.15, 0.2) is 81.9 Å². The van der Waals surface area contributed by atoms with E-state index in [9.17, 15) is 18.1 Å². The van der Waals surface area contributed by atoms with Gasteiger partial charge in [0.15, 0.2) is 5.75 Å². The molecule has 0 saturated carbocycles. The molecule has 3 N–H and O–H groups in total. The number of nitrogens with zero attached hydrogens (tertiary/aromatic N) is 2. The first kappa shape index (κ1) is 26.2. The Hall–Kier alpha value is -2.37. The van der Waals surface area contributed by atoms with E-state index in [2.05, 4.69) is 10.2 Å². The number of para-hydroxylation sites is 1. The van der Waals surface area contributed by atoms with E-state index in [1.54, 1.807) is 36.4 Å². The Kier molecular flexibility index (Phi) is 8.10. The Bertz CT molecular complexity index is 1530. The van der Waals surface area contributed by atoms with Crippen molar-refractivity contribution in [2.75, 3.05) is 5.73 Å². The van der Waals surface area contributed by atoms with Gasteiger partial charge in [0.05, 0.1) is 21.0 Å². The van der Waals surface area contributed by atoms with Crippen LogP contribution in [-0.4, -0.2) is 18.1 Å². The van der Waals surface area contributed by atoms with Crippen molar-refractivity contribution in [3.63, 3.8) is 0 Å². The van der Waals surface area contributed by atoms with Crippen LogP contribution in [0, 0.1) is 0 Å². The summed E-state index contributed by atoms with van der Waals surface area (Å²) >= 11 is 12.3. The number of benzene rings is 4. The summed E-state index contributed by atoms with van der Waals surface area (Å²) in [7, 11) is -4.78. The second-order valence-electron chi connectivity index (χ2n) is 6.84. The minimum absolute atomic E-state index is 0. The summed E-state index contributed by atoms with van der Waals surface area (Å²) in [6, 6.07) is 16.5. The number of aromatic hydroxyl groups is 1. The summed E-state index contributed by atoms with van der Waals surface area (Å²) in [6.45, 7) is 0. The van der Waals surface area contributed by atoms with Crippen LogP contribution in [0.1, 0.15) is 0 Å². The maximum absolute atomic E-state index is 11.4. The number of nitrogens with two attached hydrogens (primary N) is 1. The first-order chi connectivity index (χ1) is 15.6. The maximum Gasteiger partial charge on any atom is 1.00 e. The van der Waals surface area contributed by atoms with E-state index in [1.807, 2.05) is 0 Å². The Labute approximate surface area is 227 Å². The summed E-state index contributed by atoms with van der Waals surface area (Å²) in [4.78, 5) is -0.578. The number of rotatable bonds is 5. The van der Waals surface area contributed by atoms with Crippen molar-refractivity contribution < 1.29 is 52.4 Å². The number of phenols is 1. The fraction of sp³-hybridized carbons (Fsp3) is 0. The first-order valence-electron chi connectivity index (χ1n) is 9.28. The number of ether oxygens (including phenoxy) is 1. The molecule has 0 aliphatic carbocycles. The molecule has 0 unspecified atom stereocenters. The van der Waals surface area contributed by atoms with Gasteiger partial charge in [-0.25, -0.2) is 8.42 Å². The minimum Gasteiger partial charge on any atom is -0.744 e. The van der Waals surface area contributed by atoms with Gasteiger partial charge in [0.2, 0.25) is 0 Å². The third-order valence-corrected chi connectivity index (χ3v) is 5.96. The predicted octanol–water partition coefficient (Wildman–Crippen LogP) is 3.55. The number of phenolic OH excluding ortho intramolecular Hbond substituents is 1. The summed E-state index contributed by atoms with van der Waals surface area (Å²) in [5, 5.41) is 19.9. The Morgan fingerprint density at radius 3 is 2.38 bits per heavy atom. The summed E-state index contributed by atoms with van der Waals surface area (Å²) in [5.74, 6) is 0.215. The molecule has 8 nitrogen and oxygen atoms in total. The molecule has 12 heteroatoms. The number of nitrogen functional groups attached to an aromatic ring is 1. The molecule has 0 bridgehead atoms. The Balaban J connectivity index is 0.00000324. The summed E-state index contributed by atoms with van der Waals surface area (Å²) in [6.07, 6.45) is 0. The van der Waals surface area contributed by atoms with Crippen LogP contribution >= 0.6 is 23.2 Å². The average Bonchev–Trinajstić information content (AvgIpc) is 2.75. The molecular weight excluding hydrogens is 512 g/mol. The zero-order valence-electron chi connectivity index (χ0n) is 17.6. The molecule has 0 fully saturated rings. The van der Waals surface area contributed by atoms with E-state index in [0.29, 0.717) is 21.5 Å². The topological polar surface area (TPSA) is 137 Å². The molecule has 34 heavy (non-hydrogen) atoms. The van der Waals surface area contributed by atoms with E-state index < -0.39 is 20.8 Å². The second-order valence-corrected chi connectivity index (χ2v) is 9.07. The molecule has 0 aromatic heterocycles. The fourth-order valence-electron chi connectivity index (χ4n) is 3.07. The molecule has 0 saturated heterocycles. The number of hydrogen-bond donors (Lipinski definition) is 2. The zero-order valence-corrected chi connectivity index (χ0v) is 21.9. The molecule has 4 rings (SSSR count). The monoisotopic (exact) mass is 525 g/mol. The van der Waals surface area contributed by atoms with Crippen molar-refractivity contribution in [1.82, 2.24) is 0 Å². The first-order valence-corrected chi connectivity index (χ1v) is 11.4. The van der Waals surface area contributed by atoms with Crippen molar-refractivity contribution in [3.05, 3.63) is 76.8 Å². The van der Waals surface area contributed by atoms with E-state index in [1.165, 1.54) is 18.2 Å². The second kappa shape index (κ2) is 10.5. The van der Waals surface area contributed by atoms with Gasteiger partial charge in [0.1, 0.15) is 33.0 Å². The molecule has 168 valence electrons. The van der Waals surface area contributed by atoms with Crippen molar-refractivity contribution in [3.8, 4) is 17.2 Å². The Morgan fingerprint density at radius 2 is 1.68 bits per heavy atom. The van der Waals surface area contributed by atoms with Gasteiger partial charge in [0.25, 0.3) is 0 Å². The van der Waals surface area contributed by atoms with E-state index in [4.69, 9.17) is 33.7 Å². The van der Waals surface area contributed by atoms with Crippen LogP contribution in [-0.2, 0) is 10.1 Å². The van der Waals surface area contributed by atoms with Crippen molar-refractivity contribution in [2.45, 2.75) is 4.90 Å². The van der Waals surface area contributed by atoms with Gasteiger partial charge in [-0.2, -0.15) is 0 Å². The molecule has 0 spiro atoms. The van der Waals surface area contributed by atoms with E-state index in [-0.39, 0.29) is 57.4 Å². The molecule has 0 atom stereocenters. The van der Waals surface area contributed by atoms with Crippen LogP contribution in [0.3, 0.4) is 0 Å². The molecule has 4 aromatic rings. The fourth-order valence-corrected chi connectivity index (χ4v) is 3.94. The van der Waals surface area contributed by atoms with Gasteiger partial charge in [-0.1, -0.05) is 41.4 Å². The quantitative estimate of drug-likeness (QED) is 0.177. The third kappa shape index (κ3) is 5.64. The minimum atomic E-state index is -4.78. The van der Waals surface area contributed by atoms with Gasteiger partial charge in [-0.3, -0.25) is 0 Å². The van der Waals surface area contributed by atoms with Gasteiger partial charge in [-0.05, 0) is 53.9 Å². The molecule has 4 aromatic carbocycles. The largest absolute Gasteiger partial charge is 1.00 e. The molecule has 0 aliphatic rings.